The third-order valence-electron chi connectivity index (χ3n) is 0. The summed E-state index contributed by atoms with van der Waals surface area (Å²) in [5.74, 6) is 0. The molecule has 0 aromatic carbocycles. The molecule has 0 aliphatic heterocycles. The van der Waals surface area contributed by atoms with Crippen molar-refractivity contribution in [3.63, 3.8) is 0 Å². The van der Waals surface area contributed by atoms with E-state index in [2.05, 4.69) is 50.1 Å². The van der Waals surface area contributed by atoms with Crippen molar-refractivity contribution >= 4 is 47.4 Å². The van der Waals surface area contributed by atoms with Gasteiger partial charge in [-0.1, -0.05) is 6.55 Å². The summed E-state index contributed by atoms with van der Waals surface area (Å²) in [6.07, 6.45) is 0. The zero-order chi connectivity index (χ0) is 3.58. The second-order valence-electron chi connectivity index (χ2n) is 0.519. The van der Waals surface area contributed by atoms with Crippen LogP contribution in [0, 0.1) is 0 Å². The van der Waals surface area contributed by atoms with Gasteiger partial charge in [-0.25, -0.2) is 0 Å². The highest BCUT2D eigenvalue weighted by molar-refractivity contribution is 14.3. The largest absolute Gasteiger partial charge is 1.00 e. The Hall–Kier alpha value is 1.68. The summed E-state index contributed by atoms with van der Waals surface area (Å²) in [6.45, 7) is 2.28. The lowest BCUT2D eigenvalue weighted by Gasteiger charge is -1.69. The highest BCUT2D eigenvalue weighted by Gasteiger charge is 1.78. The molecule has 0 aromatic heterocycles. The van der Waals surface area contributed by atoms with E-state index in [0.29, 0.717) is 0 Å². The molecule has 26 valence electrons. The van der Waals surface area contributed by atoms with Gasteiger partial charge in [0, 0.05) is 0 Å². The lowest BCUT2D eigenvalue weighted by molar-refractivity contribution is 2.38. The molecule has 0 saturated heterocycles. The van der Waals surface area contributed by atoms with Crippen molar-refractivity contribution in [1.29, 1.82) is 0 Å². The first-order valence-electron chi connectivity index (χ1n) is 1.01. The van der Waals surface area contributed by atoms with E-state index in [0.717, 1.165) is 0 Å². The van der Waals surface area contributed by atoms with Crippen LogP contribution >= 0.6 is 43.6 Å². The molecule has 0 nitrogen and oxygen atoms in total. The third kappa shape index (κ3) is 9.37. The van der Waals surface area contributed by atoms with Crippen LogP contribution < -0.4 is 0 Å². The Labute approximate surface area is 54.9 Å². The van der Waals surface area contributed by atoms with Crippen LogP contribution in [0.2, 0.25) is 6.55 Å². The molecule has 3 heteroatoms. The van der Waals surface area contributed by atoms with Gasteiger partial charge in [-0.2, -0.15) is 0 Å². The van der Waals surface area contributed by atoms with E-state index in [9.17, 15) is 0 Å². The van der Waals surface area contributed by atoms with Crippen molar-refractivity contribution in [3.8, 4) is 0 Å². The van der Waals surface area contributed by atoms with Crippen molar-refractivity contribution in [1.82, 2.24) is 0 Å². The van der Waals surface area contributed by atoms with Crippen LogP contribution in [0.25, 0.3) is 0 Å². The van der Waals surface area contributed by atoms with E-state index in [-0.39, 0.29) is 5.22 Å². The molecule has 0 aliphatic rings. The summed E-state index contributed by atoms with van der Waals surface area (Å²) >= 11 is 4.94. The highest BCUT2D eigenvalue weighted by Crippen LogP contribution is 1.99. The monoisotopic (exact) mass is 299 g/mol. The Morgan fingerprint density at radius 1 is 1.75 bits per heavy atom. The smallest absolute Gasteiger partial charge is 0.109 e. The lowest BCUT2D eigenvalue weighted by Crippen LogP contribution is -1.68. The number of hydrogen-bond acceptors (Lipinski definition) is 0. The third-order valence-corrected chi connectivity index (χ3v) is 0. The van der Waals surface area contributed by atoms with Gasteiger partial charge in [0.05, 0.1) is 0 Å². The quantitative estimate of drug-likeness (QED) is 0.364. The molecule has 0 rings (SSSR count). The van der Waals surface area contributed by atoms with Gasteiger partial charge in [-0.05, 0) is 0 Å². The standard InChI is InChI=1S/CH4I2Si/c1-4(2)3/h4H,1H3/p+1. The fourth-order valence-electron chi connectivity index (χ4n) is 0. The Kier molecular flexibility index (Phi) is 4.10. The Balaban J connectivity index is 0. The van der Waals surface area contributed by atoms with Crippen LogP contribution in [0.15, 0.2) is 0 Å². The number of rotatable bonds is 0. The first kappa shape index (κ1) is 5.68. The van der Waals surface area contributed by atoms with E-state index in [1.165, 1.54) is 0 Å². The maximum atomic E-state index is 2.47. The Bertz CT molecular complexity index is 14.4. The van der Waals surface area contributed by atoms with Crippen molar-refractivity contribution in [3.05, 3.63) is 0 Å². The molecule has 0 N–H and O–H groups in total. The highest BCUT2D eigenvalue weighted by atomic mass is 127. The van der Waals surface area contributed by atoms with Gasteiger partial charge in [0.1, 0.15) is 0 Å². The van der Waals surface area contributed by atoms with Crippen LogP contribution in [-0.4, -0.2) is 3.79 Å². The van der Waals surface area contributed by atoms with Crippen molar-refractivity contribution in [2.75, 3.05) is 0 Å². The van der Waals surface area contributed by atoms with Crippen LogP contribution in [-0.2, 0) is 0 Å². The van der Waals surface area contributed by atoms with Crippen LogP contribution in [0.4, 0.5) is 0 Å². The molecule has 0 aromatic rings. The summed E-state index contributed by atoms with van der Waals surface area (Å²) in [7, 11) is 0. The molecule has 0 aliphatic carbocycles. The normalized spacial score (nSPS) is 9.00. The van der Waals surface area contributed by atoms with Gasteiger partial charge >= 0.3 is 1.43 Å². The van der Waals surface area contributed by atoms with Crippen LogP contribution in [0.1, 0.15) is 1.43 Å². The average Bonchev–Trinajstić information content (AvgIpc) is 0.811. The maximum Gasteiger partial charge on any atom is 1.00 e. The fraction of sp³-hybridized carbons (Fsp3) is 1.00. The fourth-order valence-corrected chi connectivity index (χ4v) is 0. The molecule has 0 spiro atoms. The molecule has 0 atom stereocenters. The second kappa shape index (κ2) is 2.89. The minimum atomic E-state index is -0.199. The Morgan fingerprint density at radius 3 is 1.75 bits per heavy atom. The molecule has 0 saturated carbocycles. The van der Waals surface area contributed by atoms with E-state index in [1.807, 2.05) is 0 Å². The van der Waals surface area contributed by atoms with Gasteiger partial charge in [0.2, 0.25) is 0 Å². The van der Waals surface area contributed by atoms with E-state index in [1.54, 1.807) is 0 Å². The van der Waals surface area contributed by atoms with E-state index >= 15 is 0 Å². The molecule has 0 unspecified atom stereocenters. The topological polar surface area (TPSA) is 0 Å². The first-order chi connectivity index (χ1) is 1.73. The van der Waals surface area contributed by atoms with Gasteiger partial charge in [0.15, 0.2) is 3.79 Å². The van der Waals surface area contributed by atoms with Crippen molar-refractivity contribution in [2.24, 2.45) is 0 Å². The van der Waals surface area contributed by atoms with Gasteiger partial charge < -0.3 is 0 Å². The predicted octanol–water partition coefficient (Wildman–Crippen LogP) is 1.82. The SMILES string of the molecule is C[SiH](I)I.[H+]. The van der Waals surface area contributed by atoms with Gasteiger partial charge in [-0.15, -0.1) is 43.6 Å². The maximum absolute atomic E-state index is 2.47. The van der Waals surface area contributed by atoms with E-state index in [4.69, 9.17) is 0 Å². The molecular formula is CH5I2Si+. The molecular weight excluding hydrogens is 294 g/mol. The molecule has 0 amide bonds. The van der Waals surface area contributed by atoms with Gasteiger partial charge in [0.25, 0.3) is 0 Å². The molecule has 4 heavy (non-hydrogen) atoms. The summed E-state index contributed by atoms with van der Waals surface area (Å²) in [4.78, 5) is 0. The van der Waals surface area contributed by atoms with Gasteiger partial charge in [-0.3, -0.25) is 0 Å². The molecule has 0 radical (unpaired) electrons. The zero-order valence-corrected chi connectivity index (χ0v) is 7.80. The molecule has 0 fully saturated rings. The average molecular weight is 299 g/mol. The summed E-state index contributed by atoms with van der Waals surface area (Å²) in [5, 5.41) is 0. The minimum Gasteiger partial charge on any atom is -0.109 e. The van der Waals surface area contributed by atoms with Crippen molar-refractivity contribution in [2.45, 2.75) is 6.55 Å². The molecule has 0 bridgehead atoms. The Morgan fingerprint density at radius 2 is 1.75 bits per heavy atom. The van der Waals surface area contributed by atoms with Crippen molar-refractivity contribution < 1.29 is 1.43 Å². The number of hydrogen-bond donors (Lipinski definition) is 0. The summed E-state index contributed by atoms with van der Waals surface area (Å²) in [6, 6.07) is 0. The first-order valence-corrected chi connectivity index (χ1v) is 10.5. The summed E-state index contributed by atoms with van der Waals surface area (Å²) < 4.78 is -0.199. The lowest BCUT2D eigenvalue weighted by atomic mass is 11.9. The zero-order valence-electron chi connectivity index (χ0n) is 3.33. The predicted molar refractivity (Wildman–Crippen MR) is 42.2 cm³/mol. The second-order valence-corrected chi connectivity index (χ2v) is 19.9. The number of halogens is 2. The minimum absolute atomic E-state index is 0. The van der Waals surface area contributed by atoms with Crippen LogP contribution in [0.3, 0.4) is 0 Å². The summed E-state index contributed by atoms with van der Waals surface area (Å²) in [5.41, 5.74) is 0. The van der Waals surface area contributed by atoms with E-state index < -0.39 is 0 Å². The van der Waals surface area contributed by atoms with Crippen LogP contribution in [0.5, 0.6) is 0 Å². The molecule has 0 heterocycles.